The number of amides is 1. The Bertz CT molecular complexity index is 1100. The molecule has 0 saturated heterocycles. The molecule has 0 radical (unpaired) electrons. The number of aromatic amines is 1. The minimum absolute atomic E-state index is 0.0173. The highest BCUT2D eigenvalue weighted by Gasteiger charge is 2.28. The predicted octanol–water partition coefficient (Wildman–Crippen LogP) is 2.77. The number of rotatable bonds is 4. The number of aromatic nitrogens is 4. The first-order chi connectivity index (χ1) is 12.6. The third-order valence-electron chi connectivity index (χ3n) is 3.74. The van der Waals surface area contributed by atoms with Crippen LogP contribution in [0.3, 0.4) is 0 Å². The molecule has 10 heteroatoms. The Hall–Kier alpha value is -4.08. The van der Waals surface area contributed by atoms with Gasteiger partial charge in [0.2, 0.25) is 0 Å². The van der Waals surface area contributed by atoms with E-state index in [1.54, 1.807) is 42.5 Å². The number of para-hydroxylation sites is 1. The van der Waals surface area contributed by atoms with Crippen molar-refractivity contribution in [1.82, 2.24) is 20.6 Å². The first kappa shape index (κ1) is 15.4. The molecule has 0 fully saturated rings. The van der Waals surface area contributed by atoms with E-state index in [1.807, 2.05) is 0 Å². The van der Waals surface area contributed by atoms with Gasteiger partial charge in [0.25, 0.3) is 11.9 Å². The number of tetrazole rings is 1. The minimum Gasteiger partial charge on any atom is -0.399 e. The fourth-order valence-electron chi connectivity index (χ4n) is 2.68. The molecule has 0 aliphatic carbocycles. The topological polar surface area (TPSA) is 140 Å². The molecule has 0 saturated carbocycles. The summed E-state index contributed by atoms with van der Waals surface area (Å²) in [5, 5.41) is 27.2. The van der Waals surface area contributed by atoms with Gasteiger partial charge in [0.05, 0.1) is 5.56 Å². The Kier molecular flexibility index (Phi) is 3.62. The van der Waals surface area contributed by atoms with E-state index < -0.39 is 16.7 Å². The van der Waals surface area contributed by atoms with Gasteiger partial charge in [0.1, 0.15) is 10.5 Å². The van der Waals surface area contributed by atoms with Crippen LogP contribution in [0.1, 0.15) is 10.4 Å². The lowest BCUT2D eigenvalue weighted by Crippen LogP contribution is -2.13. The standard InChI is InChI=1S/C16H10N6O4/c23-14(17-16-18-20-21-19-16)11-8-4-7-10-12(9-5-2-1-3-6-9)15(22(24)25)26-13(10)11/h1-8H,(H2,17,18,19,20,21,23). The molecule has 4 aromatic rings. The molecule has 2 aromatic heterocycles. The summed E-state index contributed by atoms with van der Waals surface area (Å²) in [6.07, 6.45) is 0. The van der Waals surface area contributed by atoms with Crippen molar-refractivity contribution in [3.05, 3.63) is 64.2 Å². The number of benzene rings is 2. The number of nitro groups is 1. The molecule has 2 heterocycles. The number of H-pyrrole nitrogens is 1. The predicted molar refractivity (Wildman–Crippen MR) is 90.4 cm³/mol. The third kappa shape index (κ3) is 2.55. The SMILES string of the molecule is O=C(Nc1nn[nH]n1)c1cccc2c(-c3ccccc3)c([N+](=O)[O-])oc12. The summed E-state index contributed by atoms with van der Waals surface area (Å²) in [6, 6.07) is 13.6. The molecular formula is C16H10N6O4. The van der Waals surface area contributed by atoms with E-state index in [2.05, 4.69) is 25.9 Å². The lowest BCUT2D eigenvalue weighted by atomic mass is 10.0. The molecule has 0 bridgehead atoms. The molecule has 0 spiro atoms. The van der Waals surface area contributed by atoms with Crippen molar-refractivity contribution in [2.45, 2.75) is 0 Å². The van der Waals surface area contributed by atoms with Gasteiger partial charge in [0, 0.05) is 5.39 Å². The van der Waals surface area contributed by atoms with Gasteiger partial charge >= 0.3 is 5.88 Å². The van der Waals surface area contributed by atoms with Crippen molar-refractivity contribution in [3.8, 4) is 11.1 Å². The average Bonchev–Trinajstić information content (AvgIpc) is 3.29. The number of hydrogen-bond donors (Lipinski definition) is 2. The van der Waals surface area contributed by atoms with E-state index >= 15 is 0 Å². The van der Waals surface area contributed by atoms with E-state index in [0.717, 1.165) is 0 Å². The van der Waals surface area contributed by atoms with E-state index in [9.17, 15) is 14.9 Å². The van der Waals surface area contributed by atoms with Gasteiger partial charge in [-0.3, -0.25) is 20.2 Å². The van der Waals surface area contributed by atoms with Gasteiger partial charge in [0.15, 0.2) is 5.58 Å². The zero-order chi connectivity index (χ0) is 18.1. The lowest BCUT2D eigenvalue weighted by Gasteiger charge is -2.01. The summed E-state index contributed by atoms with van der Waals surface area (Å²) >= 11 is 0. The number of hydrogen-bond acceptors (Lipinski definition) is 7. The van der Waals surface area contributed by atoms with Crippen LogP contribution in [0.25, 0.3) is 22.1 Å². The van der Waals surface area contributed by atoms with Crippen LogP contribution in [0.2, 0.25) is 0 Å². The van der Waals surface area contributed by atoms with Crippen LogP contribution in [0.4, 0.5) is 11.8 Å². The summed E-state index contributed by atoms with van der Waals surface area (Å²) in [5.41, 5.74) is 1.17. The molecule has 2 aromatic carbocycles. The van der Waals surface area contributed by atoms with Crippen LogP contribution in [-0.2, 0) is 0 Å². The van der Waals surface area contributed by atoms with E-state index in [1.165, 1.54) is 6.07 Å². The largest absolute Gasteiger partial charge is 0.442 e. The third-order valence-corrected chi connectivity index (χ3v) is 3.74. The molecule has 0 unspecified atom stereocenters. The molecular weight excluding hydrogens is 340 g/mol. The molecule has 0 aliphatic rings. The zero-order valence-electron chi connectivity index (χ0n) is 13.0. The quantitative estimate of drug-likeness (QED) is 0.426. The van der Waals surface area contributed by atoms with Crippen LogP contribution in [0, 0.1) is 10.1 Å². The van der Waals surface area contributed by atoms with Crippen molar-refractivity contribution in [3.63, 3.8) is 0 Å². The van der Waals surface area contributed by atoms with E-state index in [4.69, 9.17) is 4.42 Å². The molecule has 128 valence electrons. The van der Waals surface area contributed by atoms with E-state index in [0.29, 0.717) is 16.5 Å². The number of fused-ring (bicyclic) bond motifs is 1. The maximum absolute atomic E-state index is 12.5. The Morgan fingerprint density at radius 1 is 1.15 bits per heavy atom. The van der Waals surface area contributed by atoms with Crippen molar-refractivity contribution < 1.29 is 14.1 Å². The Balaban J connectivity index is 1.89. The summed E-state index contributed by atoms with van der Waals surface area (Å²) in [6.45, 7) is 0. The lowest BCUT2D eigenvalue weighted by molar-refractivity contribution is -0.400. The van der Waals surface area contributed by atoms with Gasteiger partial charge in [-0.2, -0.15) is 5.21 Å². The summed E-state index contributed by atoms with van der Waals surface area (Å²) in [4.78, 5) is 23.4. The van der Waals surface area contributed by atoms with Crippen LogP contribution < -0.4 is 5.32 Å². The van der Waals surface area contributed by atoms with Gasteiger partial charge in [-0.25, -0.2) is 0 Å². The average molecular weight is 350 g/mol. The van der Waals surface area contributed by atoms with Gasteiger partial charge in [-0.1, -0.05) is 47.6 Å². The minimum atomic E-state index is -0.608. The Morgan fingerprint density at radius 2 is 1.96 bits per heavy atom. The monoisotopic (exact) mass is 350 g/mol. The fraction of sp³-hybridized carbons (Fsp3) is 0. The second-order valence-electron chi connectivity index (χ2n) is 5.28. The van der Waals surface area contributed by atoms with Crippen LogP contribution in [0.5, 0.6) is 0 Å². The summed E-state index contributed by atoms with van der Waals surface area (Å²) in [5.74, 6) is -1.01. The van der Waals surface area contributed by atoms with Crippen molar-refractivity contribution in [2.75, 3.05) is 5.32 Å². The maximum Gasteiger partial charge on any atom is 0.442 e. The number of furan rings is 1. The first-order valence-electron chi connectivity index (χ1n) is 7.45. The highest BCUT2D eigenvalue weighted by Crippen LogP contribution is 2.40. The molecule has 2 N–H and O–H groups in total. The van der Waals surface area contributed by atoms with Crippen LogP contribution in [0.15, 0.2) is 52.9 Å². The van der Waals surface area contributed by atoms with Crippen molar-refractivity contribution in [2.24, 2.45) is 0 Å². The second-order valence-corrected chi connectivity index (χ2v) is 5.28. The normalized spacial score (nSPS) is 10.8. The molecule has 4 rings (SSSR count). The van der Waals surface area contributed by atoms with E-state index in [-0.39, 0.29) is 17.1 Å². The summed E-state index contributed by atoms with van der Waals surface area (Å²) in [7, 11) is 0. The first-order valence-corrected chi connectivity index (χ1v) is 7.45. The number of carbonyl (C=O) groups is 1. The fourth-order valence-corrected chi connectivity index (χ4v) is 2.68. The van der Waals surface area contributed by atoms with Crippen LogP contribution in [-0.4, -0.2) is 31.5 Å². The second kappa shape index (κ2) is 6.09. The molecule has 0 aliphatic heterocycles. The van der Waals surface area contributed by atoms with Gasteiger partial charge in [-0.15, -0.1) is 5.10 Å². The highest BCUT2D eigenvalue weighted by atomic mass is 16.6. The Morgan fingerprint density at radius 3 is 2.65 bits per heavy atom. The number of nitrogens with zero attached hydrogens (tertiary/aromatic N) is 4. The van der Waals surface area contributed by atoms with Gasteiger partial charge in [-0.05, 0) is 16.8 Å². The molecule has 26 heavy (non-hydrogen) atoms. The highest BCUT2D eigenvalue weighted by molar-refractivity contribution is 6.14. The van der Waals surface area contributed by atoms with Crippen molar-refractivity contribution in [1.29, 1.82) is 0 Å². The smallest absolute Gasteiger partial charge is 0.399 e. The molecule has 10 nitrogen and oxygen atoms in total. The molecule has 1 amide bonds. The van der Waals surface area contributed by atoms with Crippen molar-refractivity contribution >= 4 is 28.7 Å². The maximum atomic E-state index is 12.5. The number of carbonyl (C=O) groups excluding carboxylic acids is 1. The van der Waals surface area contributed by atoms with Crippen LogP contribution >= 0.6 is 0 Å². The summed E-state index contributed by atoms with van der Waals surface area (Å²) < 4.78 is 5.46. The number of nitrogens with one attached hydrogen (secondary N) is 2. The number of anilines is 1. The molecule has 0 atom stereocenters. The Labute approximate surface area is 145 Å². The van der Waals surface area contributed by atoms with Gasteiger partial charge < -0.3 is 4.42 Å². The zero-order valence-corrected chi connectivity index (χ0v) is 13.0.